The highest BCUT2D eigenvalue weighted by Gasteiger charge is 2.58. The van der Waals surface area contributed by atoms with Crippen molar-refractivity contribution in [1.82, 2.24) is 15.0 Å². The molecule has 0 saturated carbocycles. The van der Waals surface area contributed by atoms with Crippen molar-refractivity contribution in [2.24, 2.45) is 0 Å². The van der Waals surface area contributed by atoms with E-state index in [2.05, 4.69) is 20.3 Å². The zero-order chi connectivity index (χ0) is 22.3. The van der Waals surface area contributed by atoms with E-state index in [0.29, 0.717) is 12.8 Å². The Morgan fingerprint density at radius 2 is 1.97 bits per heavy atom. The van der Waals surface area contributed by atoms with E-state index < -0.39 is 10.8 Å². The van der Waals surface area contributed by atoms with Crippen LogP contribution in [-0.4, -0.2) is 31.7 Å². The van der Waals surface area contributed by atoms with Crippen LogP contribution in [0.1, 0.15) is 24.2 Å². The first-order valence-electron chi connectivity index (χ1n) is 10.1. The number of ether oxygens (including phenoxy) is 1. The van der Waals surface area contributed by atoms with Crippen molar-refractivity contribution in [3.05, 3.63) is 59.9 Å². The lowest BCUT2D eigenvalue weighted by Gasteiger charge is -2.28. The fraction of sp³-hybridized carbons (Fsp3) is 0.227. The highest BCUT2D eigenvalue weighted by atomic mass is 32.2. The second-order valence-corrected chi connectivity index (χ2v) is 8.85. The quantitative estimate of drug-likeness (QED) is 0.566. The van der Waals surface area contributed by atoms with Gasteiger partial charge in [0.15, 0.2) is 17.3 Å². The molecule has 0 radical (unpaired) electrons. The van der Waals surface area contributed by atoms with Crippen molar-refractivity contribution in [2.75, 3.05) is 16.0 Å². The Bertz CT molecular complexity index is 1240. The van der Waals surface area contributed by atoms with Crippen molar-refractivity contribution >= 4 is 46.9 Å². The van der Waals surface area contributed by atoms with Gasteiger partial charge in [0.05, 0.1) is 5.69 Å². The number of rotatable bonds is 5. The van der Waals surface area contributed by atoms with Crippen molar-refractivity contribution < 1.29 is 14.3 Å². The molecule has 9 nitrogen and oxygen atoms in total. The molecule has 5 rings (SSSR count). The summed E-state index contributed by atoms with van der Waals surface area (Å²) in [4.78, 5) is 39.6. The van der Waals surface area contributed by atoms with E-state index in [4.69, 9.17) is 10.5 Å². The third kappa shape index (κ3) is 3.42. The van der Waals surface area contributed by atoms with E-state index in [1.165, 1.54) is 11.8 Å². The van der Waals surface area contributed by atoms with Gasteiger partial charge in [-0.2, -0.15) is 15.0 Å². The molecule has 32 heavy (non-hydrogen) atoms. The predicted molar refractivity (Wildman–Crippen MR) is 120 cm³/mol. The van der Waals surface area contributed by atoms with Crippen LogP contribution in [0.5, 0.6) is 0 Å². The first-order chi connectivity index (χ1) is 15.5. The molecule has 1 amide bonds. The van der Waals surface area contributed by atoms with Crippen LogP contribution in [0.25, 0.3) is 0 Å². The Labute approximate surface area is 188 Å². The summed E-state index contributed by atoms with van der Waals surface area (Å²) in [6.07, 6.45) is 0.670. The number of carbonyl (C=O) groups is 2. The normalized spacial score (nSPS) is 18.9. The number of nitrogens with zero attached hydrogens (tertiary/aromatic N) is 4. The van der Waals surface area contributed by atoms with Gasteiger partial charge < -0.3 is 15.8 Å². The number of nitrogens with one attached hydrogen (secondary N) is 1. The average molecular weight is 449 g/mol. The Morgan fingerprint density at radius 1 is 1.19 bits per heavy atom. The smallest absolute Gasteiger partial charge is 0.343 e. The number of fused-ring (bicyclic) bond motifs is 3. The van der Waals surface area contributed by atoms with Gasteiger partial charge in [0, 0.05) is 23.4 Å². The fourth-order valence-corrected chi connectivity index (χ4v) is 5.32. The van der Waals surface area contributed by atoms with Gasteiger partial charge in [-0.15, -0.1) is 0 Å². The molecule has 1 fully saturated rings. The molecule has 0 aliphatic carbocycles. The number of nitrogen functional groups attached to an aromatic ring is 1. The second kappa shape index (κ2) is 7.79. The lowest BCUT2D eigenvalue weighted by Crippen LogP contribution is -2.47. The molecular formula is C22H20N6O3S. The van der Waals surface area contributed by atoms with E-state index >= 15 is 0 Å². The number of amides is 1. The van der Waals surface area contributed by atoms with Gasteiger partial charge in [-0.1, -0.05) is 42.1 Å². The molecule has 2 aliphatic heterocycles. The van der Waals surface area contributed by atoms with Crippen molar-refractivity contribution in [3.8, 4) is 0 Å². The number of nitrogens with two attached hydrogens (primary N) is 1. The van der Waals surface area contributed by atoms with Gasteiger partial charge in [-0.05, 0) is 30.7 Å². The summed E-state index contributed by atoms with van der Waals surface area (Å²) in [6.45, 7) is 1.77. The summed E-state index contributed by atoms with van der Waals surface area (Å²) >= 11 is 1.35. The van der Waals surface area contributed by atoms with Gasteiger partial charge >= 0.3 is 5.97 Å². The molecule has 3 heterocycles. The van der Waals surface area contributed by atoms with Crippen molar-refractivity contribution in [1.29, 1.82) is 0 Å². The molecule has 0 spiro atoms. The van der Waals surface area contributed by atoms with Gasteiger partial charge in [0.2, 0.25) is 17.8 Å². The minimum absolute atomic E-state index is 0.0145. The molecule has 2 aromatic carbocycles. The number of hydrogen-bond acceptors (Lipinski definition) is 9. The van der Waals surface area contributed by atoms with Crippen LogP contribution in [0.3, 0.4) is 0 Å². The summed E-state index contributed by atoms with van der Waals surface area (Å²) < 4.78 is 5.59. The van der Waals surface area contributed by atoms with Crippen molar-refractivity contribution in [3.63, 3.8) is 0 Å². The average Bonchev–Trinajstić information content (AvgIpc) is 3.29. The Kier molecular flexibility index (Phi) is 4.93. The number of para-hydroxylation sites is 2. The first-order valence-corrected chi connectivity index (χ1v) is 10.9. The standard InChI is InChI=1S/C22H20N6O3S/c1-13-6-2-3-7-14(13)24-21-26-17(25-20(23)27-21)12-31-19(30)22-11-10-18(29)28(22)15-8-4-5-9-16(15)32-22/h2-9H,10-12H2,1H3,(H3,23,24,25,26,27)/t22-/m0/s1. The Hall–Kier alpha value is -3.66. The summed E-state index contributed by atoms with van der Waals surface area (Å²) in [7, 11) is 0. The molecule has 3 aromatic rings. The molecule has 0 unspecified atom stereocenters. The van der Waals surface area contributed by atoms with Crippen LogP contribution in [0.4, 0.5) is 23.3 Å². The zero-order valence-electron chi connectivity index (χ0n) is 17.2. The van der Waals surface area contributed by atoms with Crippen LogP contribution in [0.15, 0.2) is 53.4 Å². The lowest BCUT2D eigenvalue weighted by atomic mass is 10.2. The van der Waals surface area contributed by atoms with Crippen LogP contribution in [0, 0.1) is 6.92 Å². The van der Waals surface area contributed by atoms with Crippen LogP contribution < -0.4 is 16.0 Å². The van der Waals surface area contributed by atoms with E-state index in [1.807, 2.05) is 55.5 Å². The number of carbonyl (C=O) groups excluding carboxylic acids is 2. The summed E-state index contributed by atoms with van der Waals surface area (Å²) in [5.41, 5.74) is 8.43. The molecule has 10 heteroatoms. The molecule has 3 N–H and O–H groups in total. The lowest BCUT2D eigenvalue weighted by molar-refractivity contribution is -0.148. The third-order valence-corrected chi connectivity index (χ3v) is 6.87. The molecule has 0 bridgehead atoms. The van der Waals surface area contributed by atoms with Crippen LogP contribution >= 0.6 is 11.8 Å². The van der Waals surface area contributed by atoms with Gasteiger partial charge in [0.25, 0.3) is 0 Å². The monoisotopic (exact) mass is 448 g/mol. The summed E-state index contributed by atoms with van der Waals surface area (Å²) in [5, 5.41) is 3.11. The summed E-state index contributed by atoms with van der Waals surface area (Å²) in [6, 6.07) is 15.2. The highest BCUT2D eigenvalue weighted by Crippen LogP contribution is 2.56. The van der Waals surface area contributed by atoms with E-state index in [0.717, 1.165) is 21.8 Å². The van der Waals surface area contributed by atoms with E-state index in [1.54, 1.807) is 4.90 Å². The number of esters is 1. The van der Waals surface area contributed by atoms with Gasteiger partial charge in [0.1, 0.15) is 0 Å². The fourth-order valence-electron chi connectivity index (χ4n) is 3.91. The maximum atomic E-state index is 13.2. The number of aryl methyl sites for hydroxylation is 1. The topological polar surface area (TPSA) is 123 Å². The van der Waals surface area contributed by atoms with Gasteiger partial charge in [-0.3, -0.25) is 9.69 Å². The Morgan fingerprint density at radius 3 is 2.81 bits per heavy atom. The molecule has 162 valence electrons. The maximum Gasteiger partial charge on any atom is 0.343 e. The zero-order valence-corrected chi connectivity index (χ0v) is 18.1. The van der Waals surface area contributed by atoms with E-state index in [9.17, 15) is 9.59 Å². The molecule has 2 aliphatic rings. The minimum Gasteiger partial charge on any atom is -0.455 e. The minimum atomic E-state index is -1.10. The SMILES string of the molecule is Cc1ccccc1Nc1nc(N)nc(COC(=O)[C@@]23CCC(=O)N2c2ccccc2S3)n1. The number of benzene rings is 2. The number of hydrogen-bond donors (Lipinski definition) is 2. The predicted octanol–water partition coefficient (Wildman–Crippen LogP) is 3.18. The number of thioether (sulfide) groups is 1. The van der Waals surface area contributed by atoms with Gasteiger partial charge in [-0.25, -0.2) is 4.79 Å². The number of aromatic nitrogens is 3. The second-order valence-electron chi connectivity index (χ2n) is 7.53. The highest BCUT2D eigenvalue weighted by molar-refractivity contribution is 8.02. The van der Waals surface area contributed by atoms with E-state index in [-0.39, 0.29) is 30.2 Å². The largest absolute Gasteiger partial charge is 0.455 e. The first kappa shape index (κ1) is 20.3. The molecule has 1 aromatic heterocycles. The third-order valence-electron chi connectivity index (χ3n) is 5.42. The molecule has 1 atom stereocenters. The maximum absolute atomic E-state index is 13.2. The molecule has 1 saturated heterocycles. The number of anilines is 4. The van der Waals surface area contributed by atoms with Crippen LogP contribution in [-0.2, 0) is 20.9 Å². The Balaban J connectivity index is 1.34. The van der Waals surface area contributed by atoms with Crippen molar-refractivity contribution in [2.45, 2.75) is 36.1 Å². The molecular weight excluding hydrogens is 428 g/mol. The van der Waals surface area contributed by atoms with Crippen LogP contribution in [0.2, 0.25) is 0 Å². The summed E-state index contributed by atoms with van der Waals surface area (Å²) in [5.74, 6) is -0.0999.